The largest absolute Gasteiger partial charge is 0.479 e. The molecule has 1 saturated heterocycles. The van der Waals surface area contributed by atoms with Crippen molar-refractivity contribution in [1.82, 2.24) is 19.0 Å². The molecule has 3 aromatic rings. The van der Waals surface area contributed by atoms with Crippen LogP contribution in [-0.4, -0.2) is 82.3 Å². The minimum absolute atomic E-state index is 0.130. The molecule has 11 nitrogen and oxygen atoms in total. The number of hydrogen-bond acceptors (Lipinski definition) is 7. The summed E-state index contributed by atoms with van der Waals surface area (Å²) in [6.45, 7) is 2.35. The van der Waals surface area contributed by atoms with E-state index in [1.807, 2.05) is 35.9 Å². The lowest BCUT2D eigenvalue weighted by molar-refractivity contribution is -0.247. The lowest BCUT2D eigenvalue weighted by atomic mass is 9.97. The van der Waals surface area contributed by atoms with Gasteiger partial charge in [0, 0.05) is 36.6 Å². The van der Waals surface area contributed by atoms with E-state index in [9.17, 15) is 30.0 Å². The van der Waals surface area contributed by atoms with Crippen LogP contribution in [0.4, 0.5) is 0 Å². The predicted molar refractivity (Wildman–Crippen MR) is 118 cm³/mol. The van der Waals surface area contributed by atoms with Gasteiger partial charge in [-0.15, -0.1) is 0 Å². The standard InChI is InChI=1S/C23H26N4O7/c1-11-15(27(10-24-11)22-19(30)17(28)18(29)20(34-22)23(32)33)9-26-8-7-14-16(21(26)31)12-5-3-4-6-13(12)25(14)2/h3-6,10,17-20,22,28-30H,7-9H2,1-2H3,(H,32,33)/t17?,18-,19?,20-,22+/m0/s1. The molecule has 0 spiro atoms. The Labute approximate surface area is 194 Å². The fourth-order valence-corrected chi connectivity index (χ4v) is 5.00. The number of hydrogen-bond donors (Lipinski definition) is 4. The number of aryl methyl sites for hydroxylation is 2. The third kappa shape index (κ3) is 3.31. The molecular weight excluding hydrogens is 444 g/mol. The first-order chi connectivity index (χ1) is 16.2. The fraction of sp³-hybridized carbons (Fsp3) is 0.435. The molecule has 5 rings (SSSR count). The molecule has 11 heteroatoms. The maximum Gasteiger partial charge on any atom is 0.335 e. The molecule has 1 aromatic carbocycles. The molecule has 1 amide bonds. The zero-order valence-electron chi connectivity index (χ0n) is 18.7. The van der Waals surface area contributed by atoms with Gasteiger partial charge in [-0.25, -0.2) is 9.78 Å². The number of ether oxygens (including phenoxy) is 1. The smallest absolute Gasteiger partial charge is 0.335 e. The van der Waals surface area contributed by atoms with E-state index in [4.69, 9.17) is 4.74 Å². The zero-order chi connectivity index (χ0) is 24.3. The number of benzene rings is 1. The number of aliphatic carboxylic acids is 1. The minimum atomic E-state index is -1.79. The summed E-state index contributed by atoms with van der Waals surface area (Å²) in [4.78, 5) is 31.0. The number of carboxylic acid groups (broad SMARTS) is 1. The molecule has 0 radical (unpaired) electrons. The highest BCUT2D eigenvalue weighted by atomic mass is 16.6. The van der Waals surface area contributed by atoms with Crippen LogP contribution in [0.3, 0.4) is 0 Å². The van der Waals surface area contributed by atoms with Gasteiger partial charge in [-0.3, -0.25) is 4.79 Å². The average Bonchev–Trinajstić information content (AvgIpc) is 3.32. The Kier molecular flexibility index (Phi) is 5.44. The summed E-state index contributed by atoms with van der Waals surface area (Å²) in [5.41, 5.74) is 3.72. The summed E-state index contributed by atoms with van der Waals surface area (Å²) in [6, 6.07) is 7.73. The van der Waals surface area contributed by atoms with Crippen molar-refractivity contribution >= 4 is 22.8 Å². The number of carbonyl (C=O) groups excluding carboxylic acids is 1. The van der Waals surface area contributed by atoms with Gasteiger partial charge in [0.2, 0.25) is 0 Å². The normalized spacial score (nSPS) is 27.3. The number of para-hydroxylation sites is 1. The molecule has 0 bridgehead atoms. The van der Waals surface area contributed by atoms with Crippen molar-refractivity contribution in [2.75, 3.05) is 6.54 Å². The van der Waals surface area contributed by atoms with Crippen LogP contribution in [-0.2, 0) is 29.5 Å². The Hall–Kier alpha value is -3.25. The monoisotopic (exact) mass is 470 g/mol. The second-order valence-corrected chi connectivity index (χ2v) is 8.82. The van der Waals surface area contributed by atoms with Crippen LogP contribution in [0.15, 0.2) is 30.6 Å². The van der Waals surface area contributed by atoms with Crippen molar-refractivity contribution < 1.29 is 34.8 Å². The minimum Gasteiger partial charge on any atom is -0.479 e. The topological polar surface area (TPSA) is 150 Å². The van der Waals surface area contributed by atoms with E-state index >= 15 is 0 Å². The third-order valence-corrected chi connectivity index (χ3v) is 6.90. The van der Waals surface area contributed by atoms with Crippen LogP contribution < -0.4 is 0 Å². The SMILES string of the molecule is Cc1ncn([C@@H]2O[C@H](C(=O)O)[C@@H](O)C(O)C2O)c1CN1CCc2c(c3ccccc3n2C)C1=O. The molecule has 5 atom stereocenters. The van der Waals surface area contributed by atoms with Crippen LogP contribution >= 0.6 is 0 Å². The maximum absolute atomic E-state index is 13.5. The molecule has 2 aliphatic heterocycles. The van der Waals surface area contributed by atoms with Gasteiger partial charge in [-0.1, -0.05) is 18.2 Å². The predicted octanol–water partition coefficient (Wildman–Crippen LogP) is -0.0536. The van der Waals surface area contributed by atoms with Crippen molar-refractivity contribution in [3.8, 4) is 0 Å². The van der Waals surface area contributed by atoms with Crippen molar-refractivity contribution in [2.45, 2.75) is 50.5 Å². The van der Waals surface area contributed by atoms with Crippen LogP contribution in [0.25, 0.3) is 10.9 Å². The van der Waals surface area contributed by atoms with Crippen molar-refractivity contribution in [3.63, 3.8) is 0 Å². The van der Waals surface area contributed by atoms with Crippen LogP contribution in [0.2, 0.25) is 0 Å². The second kappa shape index (κ2) is 8.20. The number of carboxylic acids is 1. The summed E-state index contributed by atoms with van der Waals surface area (Å²) in [5.74, 6) is -1.59. The summed E-state index contributed by atoms with van der Waals surface area (Å²) in [6.07, 6.45) is -6.11. The number of nitrogens with zero attached hydrogens (tertiary/aromatic N) is 4. The first-order valence-electron chi connectivity index (χ1n) is 11.0. The van der Waals surface area contributed by atoms with E-state index in [-0.39, 0.29) is 12.5 Å². The molecule has 0 saturated carbocycles. The van der Waals surface area contributed by atoms with E-state index in [0.29, 0.717) is 29.9 Å². The molecule has 2 aromatic heterocycles. The van der Waals surface area contributed by atoms with Gasteiger partial charge in [0.05, 0.1) is 29.8 Å². The number of rotatable bonds is 4. The fourth-order valence-electron chi connectivity index (χ4n) is 5.00. The Morgan fingerprint density at radius 2 is 1.91 bits per heavy atom. The molecule has 180 valence electrons. The highest BCUT2D eigenvalue weighted by Crippen LogP contribution is 2.33. The Morgan fingerprint density at radius 3 is 2.65 bits per heavy atom. The van der Waals surface area contributed by atoms with Crippen LogP contribution in [0, 0.1) is 6.92 Å². The highest BCUT2D eigenvalue weighted by Gasteiger charge is 2.48. The Morgan fingerprint density at radius 1 is 1.18 bits per heavy atom. The van der Waals surface area contributed by atoms with E-state index < -0.39 is 36.6 Å². The van der Waals surface area contributed by atoms with Gasteiger partial charge in [0.1, 0.15) is 18.3 Å². The van der Waals surface area contributed by atoms with E-state index in [1.165, 1.54) is 10.9 Å². The third-order valence-electron chi connectivity index (χ3n) is 6.90. The molecule has 0 aliphatic carbocycles. The number of aliphatic hydroxyl groups excluding tert-OH is 3. The van der Waals surface area contributed by atoms with E-state index in [2.05, 4.69) is 4.98 Å². The Bertz CT molecular complexity index is 1280. The van der Waals surface area contributed by atoms with Gasteiger partial charge in [-0.05, 0) is 13.0 Å². The zero-order valence-corrected chi connectivity index (χ0v) is 18.7. The number of amides is 1. The van der Waals surface area contributed by atoms with Crippen LogP contribution in [0.1, 0.15) is 33.7 Å². The average molecular weight is 470 g/mol. The molecule has 1 fully saturated rings. The quantitative estimate of drug-likeness (QED) is 0.414. The molecule has 4 heterocycles. The van der Waals surface area contributed by atoms with Gasteiger partial charge >= 0.3 is 5.97 Å². The Balaban J connectivity index is 1.47. The van der Waals surface area contributed by atoms with Crippen molar-refractivity contribution in [2.24, 2.45) is 7.05 Å². The van der Waals surface area contributed by atoms with Crippen LogP contribution in [0.5, 0.6) is 0 Å². The summed E-state index contributed by atoms with van der Waals surface area (Å²) in [5, 5.41) is 41.0. The number of fused-ring (bicyclic) bond motifs is 3. The first kappa shape index (κ1) is 22.5. The van der Waals surface area contributed by atoms with E-state index in [1.54, 1.807) is 11.8 Å². The number of carbonyl (C=O) groups is 2. The van der Waals surface area contributed by atoms with Gasteiger partial charge < -0.3 is 39.2 Å². The number of aromatic nitrogens is 3. The second-order valence-electron chi connectivity index (χ2n) is 8.82. The van der Waals surface area contributed by atoms with Crippen molar-refractivity contribution in [3.05, 3.63) is 53.2 Å². The number of imidazole rings is 1. The lowest BCUT2D eigenvalue weighted by Gasteiger charge is -2.40. The first-order valence-corrected chi connectivity index (χ1v) is 11.0. The van der Waals surface area contributed by atoms with E-state index in [0.717, 1.165) is 16.6 Å². The molecule has 2 unspecified atom stereocenters. The maximum atomic E-state index is 13.5. The van der Waals surface area contributed by atoms with Gasteiger partial charge in [-0.2, -0.15) is 0 Å². The summed E-state index contributed by atoms with van der Waals surface area (Å²) < 4.78 is 8.94. The van der Waals surface area contributed by atoms with Gasteiger partial charge in [0.25, 0.3) is 5.91 Å². The molecule has 34 heavy (non-hydrogen) atoms. The van der Waals surface area contributed by atoms with Crippen molar-refractivity contribution in [1.29, 1.82) is 0 Å². The summed E-state index contributed by atoms with van der Waals surface area (Å²) in [7, 11) is 1.95. The molecular formula is C23H26N4O7. The lowest BCUT2D eigenvalue weighted by Crippen LogP contribution is -2.58. The summed E-state index contributed by atoms with van der Waals surface area (Å²) >= 11 is 0. The number of aliphatic hydroxyl groups is 3. The molecule has 4 N–H and O–H groups in total. The molecule has 2 aliphatic rings. The highest BCUT2D eigenvalue weighted by molar-refractivity contribution is 6.09. The van der Waals surface area contributed by atoms with Gasteiger partial charge in [0.15, 0.2) is 12.3 Å².